The lowest BCUT2D eigenvalue weighted by atomic mass is 10.2. The smallest absolute Gasteiger partial charge is 0.323 e. The molecule has 2 aromatic rings. The molecular weight excluding hydrogens is 176 g/mol. The fourth-order valence-corrected chi connectivity index (χ4v) is 1.72. The Morgan fingerprint density at radius 3 is 2.86 bits per heavy atom. The molecule has 0 unspecified atom stereocenters. The maximum Gasteiger partial charge on any atom is 0.323 e. The number of nitrogens with zero attached hydrogens (tertiary/aromatic N) is 1. The number of benzene rings is 1. The van der Waals surface area contributed by atoms with Crippen molar-refractivity contribution >= 4 is 16.9 Å². The van der Waals surface area contributed by atoms with E-state index in [9.17, 15) is 4.79 Å². The molecule has 2 rings (SSSR count). The van der Waals surface area contributed by atoms with Gasteiger partial charge in [-0.05, 0) is 19.4 Å². The zero-order valence-corrected chi connectivity index (χ0v) is 8.16. The molecule has 0 fully saturated rings. The van der Waals surface area contributed by atoms with Crippen molar-refractivity contribution in [1.82, 2.24) is 4.57 Å². The van der Waals surface area contributed by atoms with Crippen LogP contribution in [0.2, 0.25) is 0 Å². The Bertz CT molecular complexity index is 511. The minimum atomic E-state index is -0.456. The number of carbonyl (C=O) groups is 1. The van der Waals surface area contributed by atoms with Gasteiger partial charge in [0.05, 0.1) is 5.52 Å². The van der Waals surface area contributed by atoms with Gasteiger partial charge in [0.2, 0.25) is 0 Å². The largest absolute Gasteiger partial charge is 0.351 e. The number of aromatic nitrogens is 1. The number of rotatable bonds is 0. The highest BCUT2D eigenvalue weighted by molar-refractivity contribution is 5.94. The standard InChI is InChI=1S/C11H11N2O/c1-7-8(2)13(11(12)14)10-6-4-3-5-9(7)10/h3-5H,1-2H3,(H2,12,14). The van der Waals surface area contributed by atoms with Crippen LogP contribution in [0, 0.1) is 19.9 Å². The van der Waals surface area contributed by atoms with Crippen molar-refractivity contribution in [3.8, 4) is 0 Å². The molecule has 0 saturated heterocycles. The highest BCUT2D eigenvalue weighted by Crippen LogP contribution is 2.23. The molecule has 1 aromatic heterocycles. The van der Waals surface area contributed by atoms with E-state index in [1.807, 2.05) is 26.0 Å². The molecule has 1 heterocycles. The second-order valence-electron chi connectivity index (χ2n) is 3.32. The zero-order valence-electron chi connectivity index (χ0n) is 8.16. The van der Waals surface area contributed by atoms with E-state index < -0.39 is 6.03 Å². The summed E-state index contributed by atoms with van der Waals surface area (Å²) in [4.78, 5) is 11.2. The van der Waals surface area contributed by atoms with Gasteiger partial charge in [0.15, 0.2) is 0 Å². The maximum atomic E-state index is 11.2. The Morgan fingerprint density at radius 2 is 2.21 bits per heavy atom. The van der Waals surface area contributed by atoms with E-state index in [0.29, 0.717) is 0 Å². The van der Waals surface area contributed by atoms with E-state index in [1.165, 1.54) is 4.57 Å². The second-order valence-corrected chi connectivity index (χ2v) is 3.32. The average molecular weight is 187 g/mol. The van der Waals surface area contributed by atoms with Crippen molar-refractivity contribution in [1.29, 1.82) is 0 Å². The topological polar surface area (TPSA) is 48.0 Å². The fraction of sp³-hybridized carbons (Fsp3) is 0.182. The van der Waals surface area contributed by atoms with Crippen LogP contribution in [0.25, 0.3) is 10.9 Å². The van der Waals surface area contributed by atoms with Crippen LogP contribution in [0.4, 0.5) is 4.79 Å². The predicted molar refractivity (Wildman–Crippen MR) is 55.2 cm³/mol. The van der Waals surface area contributed by atoms with Gasteiger partial charge in [-0.3, -0.25) is 4.57 Å². The summed E-state index contributed by atoms with van der Waals surface area (Å²) in [5.74, 6) is 0. The van der Waals surface area contributed by atoms with Gasteiger partial charge in [-0.15, -0.1) is 0 Å². The number of primary amides is 1. The van der Waals surface area contributed by atoms with Gasteiger partial charge < -0.3 is 5.73 Å². The lowest BCUT2D eigenvalue weighted by Gasteiger charge is -2.00. The van der Waals surface area contributed by atoms with E-state index in [4.69, 9.17) is 5.73 Å². The maximum absolute atomic E-state index is 11.2. The van der Waals surface area contributed by atoms with Crippen LogP contribution < -0.4 is 5.73 Å². The normalized spacial score (nSPS) is 10.7. The molecule has 1 amide bonds. The molecule has 0 aliphatic heterocycles. The summed E-state index contributed by atoms with van der Waals surface area (Å²) in [6, 6.07) is 8.22. The van der Waals surface area contributed by atoms with Crippen LogP contribution in [-0.2, 0) is 0 Å². The summed E-state index contributed by atoms with van der Waals surface area (Å²) in [6.45, 7) is 3.86. The first-order chi connectivity index (χ1) is 6.63. The first-order valence-corrected chi connectivity index (χ1v) is 4.41. The van der Waals surface area contributed by atoms with Gasteiger partial charge in [0, 0.05) is 17.1 Å². The van der Waals surface area contributed by atoms with Crippen LogP contribution in [-0.4, -0.2) is 10.6 Å². The first kappa shape index (κ1) is 8.81. The molecule has 0 aliphatic rings. The third kappa shape index (κ3) is 1.02. The van der Waals surface area contributed by atoms with Gasteiger partial charge in [0.1, 0.15) is 0 Å². The van der Waals surface area contributed by atoms with Crippen LogP contribution in [0.1, 0.15) is 11.3 Å². The van der Waals surface area contributed by atoms with Gasteiger partial charge in [0.25, 0.3) is 0 Å². The highest BCUT2D eigenvalue weighted by atomic mass is 16.2. The minimum absolute atomic E-state index is 0.456. The van der Waals surface area contributed by atoms with Gasteiger partial charge in [-0.1, -0.05) is 18.2 Å². The van der Waals surface area contributed by atoms with Crippen molar-refractivity contribution in [3.05, 3.63) is 35.5 Å². The molecule has 2 N–H and O–H groups in total. The molecule has 0 spiro atoms. The van der Waals surface area contributed by atoms with E-state index in [0.717, 1.165) is 22.2 Å². The lowest BCUT2D eigenvalue weighted by Crippen LogP contribution is -2.20. The number of aryl methyl sites for hydroxylation is 1. The van der Waals surface area contributed by atoms with E-state index in [-0.39, 0.29) is 0 Å². The molecule has 1 aromatic carbocycles. The Kier molecular flexibility index (Phi) is 1.81. The van der Waals surface area contributed by atoms with Crippen molar-refractivity contribution in [2.75, 3.05) is 0 Å². The molecule has 0 bridgehead atoms. The number of para-hydroxylation sites is 1. The molecule has 71 valence electrons. The number of hydrogen-bond donors (Lipinski definition) is 1. The molecule has 0 aliphatic carbocycles. The van der Waals surface area contributed by atoms with Crippen molar-refractivity contribution in [3.63, 3.8) is 0 Å². The van der Waals surface area contributed by atoms with Crippen molar-refractivity contribution < 1.29 is 4.79 Å². The Morgan fingerprint density at radius 1 is 1.50 bits per heavy atom. The number of fused-ring (bicyclic) bond motifs is 1. The molecular formula is C11H11N2O. The van der Waals surface area contributed by atoms with Crippen molar-refractivity contribution in [2.24, 2.45) is 5.73 Å². The molecule has 3 heteroatoms. The summed E-state index contributed by atoms with van der Waals surface area (Å²) >= 11 is 0. The van der Waals surface area contributed by atoms with Crippen LogP contribution in [0.15, 0.2) is 18.2 Å². The third-order valence-electron chi connectivity index (χ3n) is 2.56. The summed E-state index contributed by atoms with van der Waals surface area (Å²) in [6.07, 6.45) is 0. The molecule has 14 heavy (non-hydrogen) atoms. The number of nitrogens with two attached hydrogens (primary N) is 1. The number of hydrogen-bond acceptors (Lipinski definition) is 1. The Labute approximate surface area is 82.1 Å². The van der Waals surface area contributed by atoms with Crippen LogP contribution >= 0.6 is 0 Å². The highest BCUT2D eigenvalue weighted by Gasteiger charge is 2.12. The molecule has 1 radical (unpaired) electrons. The zero-order chi connectivity index (χ0) is 10.3. The SMILES string of the molecule is Cc1c(C)n(C(N)=O)c2[c]cccc12. The van der Waals surface area contributed by atoms with Gasteiger partial charge in [-0.2, -0.15) is 0 Å². The number of carbonyl (C=O) groups excluding carboxylic acids is 1. The molecule has 3 nitrogen and oxygen atoms in total. The molecule has 0 saturated carbocycles. The Hall–Kier alpha value is -1.77. The summed E-state index contributed by atoms with van der Waals surface area (Å²) in [7, 11) is 0. The van der Waals surface area contributed by atoms with Crippen LogP contribution in [0.3, 0.4) is 0 Å². The molecule has 0 atom stereocenters. The average Bonchev–Trinajstić information content (AvgIpc) is 2.41. The second kappa shape index (κ2) is 2.87. The van der Waals surface area contributed by atoms with Gasteiger partial charge in [-0.25, -0.2) is 4.79 Å². The summed E-state index contributed by atoms with van der Waals surface area (Å²) < 4.78 is 1.49. The number of amides is 1. The lowest BCUT2D eigenvalue weighted by molar-refractivity contribution is 0.251. The van der Waals surface area contributed by atoms with E-state index >= 15 is 0 Å². The fourth-order valence-electron chi connectivity index (χ4n) is 1.72. The quantitative estimate of drug-likeness (QED) is 0.673. The van der Waals surface area contributed by atoms with E-state index in [1.54, 1.807) is 6.07 Å². The summed E-state index contributed by atoms with van der Waals surface area (Å²) in [5, 5.41) is 1.03. The minimum Gasteiger partial charge on any atom is -0.351 e. The third-order valence-corrected chi connectivity index (χ3v) is 2.56. The van der Waals surface area contributed by atoms with Crippen molar-refractivity contribution in [2.45, 2.75) is 13.8 Å². The van der Waals surface area contributed by atoms with Crippen LogP contribution in [0.5, 0.6) is 0 Å². The Balaban J connectivity index is 2.95. The predicted octanol–water partition coefficient (Wildman–Crippen LogP) is 1.99. The first-order valence-electron chi connectivity index (χ1n) is 4.41. The van der Waals surface area contributed by atoms with E-state index in [2.05, 4.69) is 6.07 Å². The summed E-state index contributed by atoms with van der Waals surface area (Å²) in [5.41, 5.74) is 8.02. The monoisotopic (exact) mass is 187 g/mol. The van der Waals surface area contributed by atoms with Gasteiger partial charge >= 0.3 is 6.03 Å².